The molecule has 1 amide bonds. The maximum atomic E-state index is 14.1. The number of sulfonamides is 1. The van der Waals surface area contributed by atoms with Gasteiger partial charge < -0.3 is 5.32 Å². The van der Waals surface area contributed by atoms with Crippen LogP contribution in [0.25, 0.3) is 10.8 Å². The van der Waals surface area contributed by atoms with E-state index in [1.807, 2.05) is 24.3 Å². The van der Waals surface area contributed by atoms with Crippen molar-refractivity contribution >= 4 is 32.4 Å². The van der Waals surface area contributed by atoms with E-state index in [1.54, 1.807) is 0 Å². The number of benzene rings is 3. The highest BCUT2D eigenvalue weighted by Crippen LogP contribution is 2.35. The van der Waals surface area contributed by atoms with Crippen LogP contribution in [0.1, 0.15) is 21.5 Å². The molecule has 0 saturated carbocycles. The van der Waals surface area contributed by atoms with Crippen LogP contribution in [0.15, 0.2) is 66.1 Å². The summed E-state index contributed by atoms with van der Waals surface area (Å²) in [7, 11) is -4.10. The minimum absolute atomic E-state index is 0.0428. The quantitative estimate of drug-likeness (QED) is 0.607. The van der Waals surface area contributed by atoms with Gasteiger partial charge in [-0.25, -0.2) is 17.5 Å². The first kappa shape index (κ1) is 19.3. The van der Waals surface area contributed by atoms with Crippen molar-refractivity contribution in [2.45, 2.75) is 17.7 Å². The van der Waals surface area contributed by atoms with Crippen LogP contribution in [0.2, 0.25) is 0 Å². The van der Waals surface area contributed by atoms with E-state index in [1.165, 1.54) is 23.3 Å². The summed E-state index contributed by atoms with van der Waals surface area (Å²) in [6.45, 7) is 3.39. The van der Waals surface area contributed by atoms with Crippen molar-refractivity contribution in [3.63, 3.8) is 0 Å². The van der Waals surface area contributed by atoms with Gasteiger partial charge in [0.2, 0.25) is 10.0 Å². The molecular formula is C22H19FN2O3S. The smallest absolute Gasteiger partial charge is 0.255 e. The van der Waals surface area contributed by atoms with E-state index in [0.29, 0.717) is 5.69 Å². The molecule has 0 heterocycles. The van der Waals surface area contributed by atoms with Crippen molar-refractivity contribution in [3.8, 4) is 0 Å². The van der Waals surface area contributed by atoms with Gasteiger partial charge in [-0.2, -0.15) is 0 Å². The number of aryl methyl sites for hydroxylation is 2. The Balaban J connectivity index is 1.68. The van der Waals surface area contributed by atoms with Gasteiger partial charge in [0, 0.05) is 23.2 Å². The second-order valence-electron chi connectivity index (χ2n) is 6.85. The van der Waals surface area contributed by atoms with Crippen molar-refractivity contribution in [3.05, 3.63) is 83.7 Å². The predicted molar refractivity (Wildman–Crippen MR) is 111 cm³/mol. The third-order valence-electron chi connectivity index (χ3n) is 5.03. The van der Waals surface area contributed by atoms with Crippen molar-refractivity contribution in [2.75, 3.05) is 11.9 Å². The molecule has 2 N–H and O–H groups in total. The van der Waals surface area contributed by atoms with Gasteiger partial charge in [-0.05, 0) is 53.6 Å². The van der Waals surface area contributed by atoms with E-state index in [-0.39, 0.29) is 12.1 Å². The van der Waals surface area contributed by atoms with Gasteiger partial charge in [-0.3, -0.25) is 4.79 Å². The zero-order chi connectivity index (χ0) is 20.6. The van der Waals surface area contributed by atoms with Gasteiger partial charge in [0.05, 0.1) is 0 Å². The number of halogens is 1. The van der Waals surface area contributed by atoms with Crippen molar-refractivity contribution in [1.82, 2.24) is 4.72 Å². The molecule has 0 atom stereocenters. The number of nitrogens with one attached hydrogen (secondary N) is 2. The molecule has 0 spiro atoms. The van der Waals surface area contributed by atoms with Crippen LogP contribution < -0.4 is 10.0 Å². The zero-order valence-corrected chi connectivity index (χ0v) is 16.4. The number of carbonyl (C=O) groups excluding carboxylic acids is 1. The minimum Gasteiger partial charge on any atom is -0.321 e. The van der Waals surface area contributed by atoms with Gasteiger partial charge >= 0.3 is 0 Å². The summed E-state index contributed by atoms with van der Waals surface area (Å²) in [5.74, 6) is -1.44. The molecule has 1 aliphatic rings. The Bertz CT molecular complexity index is 1240. The van der Waals surface area contributed by atoms with Crippen LogP contribution in [0.3, 0.4) is 0 Å². The Labute approximate surface area is 168 Å². The number of anilines is 1. The molecule has 4 rings (SSSR count). The van der Waals surface area contributed by atoms with Crippen molar-refractivity contribution < 1.29 is 17.6 Å². The van der Waals surface area contributed by atoms with Gasteiger partial charge in [0.25, 0.3) is 5.91 Å². The number of carbonyl (C=O) groups is 1. The highest BCUT2D eigenvalue weighted by Gasteiger charge is 2.21. The highest BCUT2D eigenvalue weighted by molar-refractivity contribution is 7.89. The second-order valence-corrected chi connectivity index (χ2v) is 8.59. The van der Waals surface area contributed by atoms with Crippen LogP contribution >= 0.6 is 0 Å². The Morgan fingerprint density at radius 2 is 1.86 bits per heavy atom. The van der Waals surface area contributed by atoms with E-state index >= 15 is 0 Å². The number of rotatable bonds is 6. The molecule has 3 aromatic rings. The van der Waals surface area contributed by atoms with Crippen LogP contribution in [-0.4, -0.2) is 20.9 Å². The van der Waals surface area contributed by atoms with E-state index in [9.17, 15) is 17.6 Å². The van der Waals surface area contributed by atoms with Gasteiger partial charge in [0.15, 0.2) is 0 Å². The summed E-state index contributed by atoms with van der Waals surface area (Å²) >= 11 is 0. The molecule has 148 valence electrons. The minimum atomic E-state index is -4.10. The predicted octanol–water partition coefficient (Wildman–Crippen LogP) is 3.79. The Kier molecular flexibility index (Phi) is 4.94. The lowest BCUT2D eigenvalue weighted by atomic mass is 10.0. The second kappa shape index (κ2) is 7.42. The number of amides is 1. The summed E-state index contributed by atoms with van der Waals surface area (Å²) in [5.41, 5.74) is 3.18. The first-order valence-corrected chi connectivity index (χ1v) is 10.6. The maximum absolute atomic E-state index is 14.1. The molecule has 29 heavy (non-hydrogen) atoms. The Morgan fingerprint density at radius 3 is 2.62 bits per heavy atom. The average molecular weight is 410 g/mol. The van der Waals surface area contributed by atoms with Gasteiger partial charge in [0.1, 0.15) is 10.7 Å². The molecule has 7 heteroatoms. The lowest BCUT2D eigenvalue weighted by Gasteiger charge is -2.12. The van der Waals surface area contributed by atoms with Crippen molar-refractivity contribution in [2.24, 2.45) is 0 Å². The summed E-state index contributed by atoms with van der Waals surface area (Å²) in [6.07, 6.45) is 3.30. The molecule has 1 aliphatic carbocycles. The largest absolute Gasteiger partial charge is 0.321 e. The first-order chi connectivity index (χ1) is 13.9. The van der Waals surface area contributed by atoms with E-state index < -0.39 is 26.6 Å². The van der Waals surface area contributed by atoms with Crippen LogP contribution in [-0.2, 0) is 22.9 Å². The van der Waals surface area contributed by atoms with Crippen LogP contribution in [0, 0.1) is 5.82 Å². The maximum Gasteiger partial charge on any atom is 0.255 e. The third-order valence-corrected chi connectivity index (χ3v) is 6.46. The Hall–Kier alpha value is -3.03. The van der Waals surface area contributed by atoms with Crippen LogP contribution in [0.5, 0.6) is 0 Å². The van der Waals surface area contributed by atoms with E-state index in [2.05, 4.69) is 22.7 Å². The fourth-order valence-corrected chi connectivity index (χ4v) is 4.75. The molecule has 0 radical (unpaired) electrons. The van der Waals surface area contributed by atoms with E-state index in [4.69, 9.17) is 0 Å². The van der Waals surface area contributed by atoms with Crippen molar-refractivity contribution in [1.29, 1.82) is 0 Å². The molecule has 5 nitrogen and oxygen atoms in total. The highest BCUT2D eigenvalue weighted by atomic mass is 32.2. The molecule has 0 aromatic heterocycles. The molecule has 3 aromatic carbocycles. The SMILES string of the molecule is C=CCNS(=O)(=O)c1cc(C(=O)Nc2ccc3c4c(cccc24)CC3)ccc1F. The molecule has 0 fully saturated rings. The summed E-state index contributed by atoms with van der Waals surface area (Å²) in [5, 5.41) is 4.92. The average Bonchev–Trinajstić information content (AvgIpc) is 3.13. The molecule has 0 bridgehead atoms. The third kappa shape index (κ3) is 3.54. The number of hydrogen-bond donors (Lipinski definition) is 2. The summed E-state index contributed by atoms with van der Waals surface area (Å²) in [6, 6.07) is 13.1. The molecule has 0 aliphatic heterocycles. The lowest BCUT2D eigenvalue weighted by molar-refractivity contribution is 0.102. The summed E-state index contributed by atoms with van der Waals surface area (Å²) in [4.78, 5) is 12.2. The Morgan fingerprint density at radius 1 is 1.10 bits per heavy atom. The van der Waals surface area contributed by atoms with Gasteiger partial charge in [-0.1, -0.05) is 30.3 Å². The molecule has 0 unspecified atom stereocenters. The summed E-state index contributed by atoms with van der Waals surface area (Å²) < 4.78 is 40.9. The fourth-order valence-electron chi connectivity index (χ4n) is 3.65. The number of hydrogen-bond acceptors (Lipinski definition) is 3. The first-order valence-electron chi connectivity index (χ1n) is 9.15. The topological polar surface area (TPSA) is 75.3 Å². The monoisotopic (exact) mass is 410 g/mol. The zero-order valence-electron chi connectivity index (χ0n) is 15.5. The normalized spacial score (nSPS) is 12.9. The van der Waals surface area contributed by atoms with Crippen LogP contribution in [0.4, 0.5) is 10.1 Å². The van der Waals surface area contributed by atoms with Gasteiger partial charge in [-0.15, -0.1) is 6.58 Å². The molecular weight excluding hydrogens is 391 g/mol. The standard InChI is InChI=1S/C22H19FN2O3S/c1-2-12-24-29(27,28)20-13-16(8-10-18(20)23)22(26)25-19-11-9-15-7-6-14-4-3-5-17(19)21(14)15/h2-5,8-11,13,24H,1,6-7,12H2,(H,25,26). The lowest BCUT2D eigenvalue weighted by Crippen LogP contribution is -2.25. The molecule has 0 saturated heterocycles. The van der Waals surface area contributed by atoms with E-state index in [0.717, 1.165) is 35.7 Å². The fraction of sp³-hybridized carbons (Fsp3) is 0.136.